The largest absolute Gasteiger partial charge is 0.366 e. The summed E-state index contributed by atoms with van der Waals surface area (Å²) in [7, 11) is 0. The van der Waals surface area contributed by atoms with Crippen LogP contribution in [0.4, 0.5) is 17.3 Å². The van der Waals surface area contributed by atoms with Crippen LogP contribution in [0.2, 0.25) is 0 Å². The first-order chi connectivity index (χ1) is 34.0. The van der Waals surface area contributed by atoms with Crippen LogP contribution in [0.5, 0.6) is 0 Å². The molecule has 6 aliphatic heterocycles. The summed E-state index contributed by atoms with van der Waals surface area (Å²) in [6.45, 7) is 10.1. The van der Waals surface area contributed by atoms with E-state index in [0.29, 0.717) is 96.3 Å². The van der Waals surface area contributed by atoms with E-state index in [1.807, 2.05) is 28.3 Å². The van der Waals surface area contributed by atoms with Crippen LogP contribution in [0, 0.1) is 11.8 Å². The first-order valence-electron chi connectivity index (χ1n) is 26.5. The Morgan fingerprint density at radius 2 is 1.54 bits per heavy atom. The van der Waals surface area contributed by atoms with Gasteiger partial charge in [-0.1, -0.05) is 24.6 Å². The number of carbonyl (C=O) groups is 5. The van der Waals surface area contributed by atoms with Gasteiger partial charge in [0.2, 0.25) is 29.5 Å². The number of carbonyl (C=O) groups excluding carboxylic acids is 5. The van der Waals surface area contributed by atoms with Gasteiger partial charge in [0.15, 0.2) is 5.82 Å². The first kappa shape index (κ1) is 45.3. The lowest BCUT2D eigenvalue weighted by Crippen LogP contribution is -2.58. The number of pyridine rings is 2. The molecule has 70 heavy (non-hydrogen) atoms. The fourth-order valence-electron chi connectivity index (χ4n) is 13.0. The minimum Gasteiger partial charge on any atom is -0.366 e. The summed E-state index contributed by atoms with van der Waals surface area (Å²) < 4.78 is 2.19. The highest BCUT2D eigenvalue weighted by atomic mass is 16.2. The molecule has 1 spiro atoms. The van der Waals surface area contributed by atoms with Crippen LogP contribution in [0.15, 0.2) is 48.9 Å². The molecular formula is C54H67N11O5. The van der Waals surface area contributed by atoms with Crippen LogP contribution in [-0.4, -0.2) is 134 Å². The maximum Gasteiger partial charge on any atom is 0.238 e. The lowest BCUT2D eigenvalue weighted by atomic mass is 9.73. The van der Waals surface area contributed by atoms with Crippen molar-refractivity contribution in [1.82, 2.24) is 39.5 Å². The van der Waals surface area contributed by atoms with E-state index in [2.05, 4.69) is 73.0 Å². The quantitative estimate of drug-likeness (QED) is 0.175. The second-order valence-corrected chi connectivity index (χ2v) is 22.1. The topological polar surface area (TPSA) is 169 Å². The van der Waals surface area contributed by atoms with Gasteiger partial charge >= 0.3 is 0 Å². The Hall–Kier alpha value is -5.90. The van der Waals surface area contributed by atoms with E-state index in [0.717, 1.165) is 89.5 Å². The zero-order valence-corrected chi connectivity index (χ0v) is 40.8. The van der Waals surface area contributed by atoms with Crippen molar-refractivity contribution in [2.45, 2.75) is 139 Å². The predicted molar refractivity (Wildman–Crippen MR) is 266 cm³/mol. The number of hydrogen-bond acceptors (Lipinski definition) is 11. The zero-order chi connectivity index (χ0) is 47.8. The maximum absolute atomic E-state index is 15.2. The molecule has 0 radical (unpaired) electrons. The summed E-state index contributed by atoms with van der Waals surface area (Å²) in [6.07, 6.45) is 15.7. The Balaban J connectivity index is 0.712. The molecule has 7 fully saturated rings. The van der Waals surface area contributed by atoms with Crippen molar-refractivity contribution in [3.05, 3.63) is 60.0 Å². The second kappa shape index (κ2) is 18.1. The van der Waals surface area contributed by atoms with Gasteiger partial charge in [0.25, 0.3) is 0 Å². The number of fused-ring (bicyclic) bond motifs is 3. The van der Waals surface area contributed by atoms with E-state index in [9.17, 15) is 19.2 Å². The Bertz CT molecular complexity index is 2700. The van der Waals surface area contributed by atoms with Crippen molar-refractivity contribution in [2.24, 2.45) is 11.8 Å². The fraction of sp³-hybridized carbons (Fsp3) is 0.593. The number of imidazole rings is 1. The van der Waals surface area contributed by atoms with Gasteiger partial charge in [-0.15, -0.1) is 0 Å². The van der Waals surface area contributed by atoms with Crippen molar-refractivity contribution in [1.29, 1.82) is 0 Å². The lowest BCUT2D eigenvalue weighted by molar-refractivity contribution is -0.140. The van der Waals surface area contributed by atoms with E-state index < -0.39 is 5.41 Å². The molecule has 0 bridgehead atoms. The van der Waals surface area contributed by atoms with Crippen LogP contribution in [-0.2, 0) is 29.4 Å². The molecule has 2 saturated carbocycles. The number of rotatable bonds is 10. The second-order valence-electron chi connectivity index (χ2n) is 22.1. The molecule has 2 atom stereocenters. The number of hydrogen-bond donors (Lipinski definition) is 2. The van der Waals surface area contributed by atoms with E-state index >= 15 is 4.79 Å². The minimum absolute atomic E-state index is 0.102. The highest BCUT2D eigenvalue weighted by Crippen LogP contribution is 2.52. The van der Waals surface area contributed by atoms with Gasteiger partial charge in [0.1, 0.15) is 11.3 Å². The van der Waals surface area contributed by atoms with Crippen molar-refractivity contribution in [2.75, 3.05) is 67.5 Å². The molecule has 368 valence electrons. The molecule has 2 N–H and O–H groups in total. The van der Waals surface area contributed by atoms with E-state index in [1.165, 1.54) is 19.3 Å². The molecule has 9 heterocycles. The summed E-state index contributed by atoms with van der Waals surface area (Å²) in [5, 5.41) is 6.13. The summed E-state index contributed by atoms with van der Waals surface area (Å²) in [6, 6.07) is 13.8. The molecule has 1 aromatic carbocycles. The highest BCUT2D eigenvalue weighted by molar-refractivity contribution is 6.09. The molecule has 4 aromatic rings. The first-order valence-corrected chi connectivity index (χ1v) is 26.5. The molecule has 12 rings (SSSR count). The van der Waals surface area contributed by atoms with Gasteiger partial charge in [0, 0.05) is 93.2 Å². The number of benzene rings is 1. The van der Waals surface area contributed by atoms with E-state index in [4.69, 9.17) is 9.97 Å². The minimum atomic E-state index is -0.690. The van der Waals surface area contributed by atoms with Crippen molar-refractivity contribution >= 4 is 57.9 Å². The number of amides is 5. The van der Waals surface area contributed by atoms with Gasteiger partial charge in [-0.2, -0.15) is 0 Å². The molecule has 16 heteroatoms. The Labute approximate surface area is 409 Å². The monoisotopic (exact) mass is 950 g/mol. The van der Waals surface area contributed by atoms with Crippen LogP contribution in [0.3, 0.4) is 0 Å². The zero-order valence-electron chi connectivity index (χ0n) is 40.8. The predicted octanol–water partition coefficient (Wildman–Crippen LogP) is 6.16. The maximum atomic E-state index is 15.2. The Kier molecular flexibility index (Phi) is 11.7. The number of imide groups is 1. The summed E-state index contributed by atoms with van der Waals surface area (Å²) >= 11 is 0. The number of anilines is 3. The number of aromatic nitrogens is 4. The fourth-order valence-corrected chi connectivity index (χ4v) is 13.0. The highest BCUT2D eigenvalue weighted by Gasteiger charge is 2.56. The van der Waals surface area contributed by atoms with Crippen LogP contribution in [0.25, 0.3) is 22.3 Å². The Morgan fingerprint density at radius 1 is 0.786 bits per heavy atom. The van der Waals surface area contributed by atoms with Crippen LogP contribution < -0.4 is 20.4 Å². The smallest absolute Gasteiger partial charge is 0.238 e. The molecule has 8 aliphatic rings. The number of nitrogens with zero attached hydrogens (tertiary/aromatic N) is 9. The number of likely N-dealkylation sites (tertiary alicyclic amines) is 3. The normalized spacial score (nSPS) is 26.3. The molecular weight excluding hydrogens is 883 g/mol. The molecule has 3 aromatic heterocycles. The molecule has 5 amide bonds. The lowest BCUT2D eigenvalue weighted by Gasteiger charge is -2.48. The number of piperidine rings is 4. The average Bonchev–Trinajstić information content (AvgIpc) is 3.75. The Morgan fingerprint density at radius 3 is 2.26 bits per heavy atom. The van der Waals surface area contributed by atoms with Gasteiger partial charge < -0.3 is 34.4 Å². The van der Waals surface area contributed by atoms with Crippen molar-refractivity contribution < 1.29 is 24.0 Å². The van der Waals surface area contributed by atoms with Gasteiger partial charge in [-0.3, -0.25) is 29.3 Å². The third kappa shape index (κ3) is 8.11. The standard InChI is InChI=1S/C54H67N11O5/c1-33(2)64-32-56-44-29-43(58-49(48(44)64)57-38-8-9-38)35-6-11-42-45(26-35)65(40-27-39(28-40)60-19-4-3-5-20-60)53(70)54(42)17-24-62(25-18-54)52(69)37-16-23-63(31-37)51(68)34-14-21-61(22-15-34)46-12-7-36(30-55-46)41-10-13-47(66)59-50(41)67/h6-7,11-12,26,29-30,32-34,37-41H,3-5,8-10,13-25,27-28,31H2,1-2H3,(H,57,58)(H,59,66,67)/t37-,39?,40?,41+/m0/s1. The molecule has 16 nitrogen and oxygen atoms in total. The SMILES string of the molecule is CC(C)n1cnc2cc(-c3ccc4c(c3)N(C3CC(N5CCCCC5)C3)C(=O)C43CCN(C(=O)[C@H]4CCN(C(=O)C5CCN(c6ccc([C@H]7CCC(=O)NC7=O)cn6)CC5)C4)CC3)nc(NC3CC3)c21. The molecule has 0 unspecified atom stereocenters. The third-order valence-electron chi connectivity index (χ3n) is 17.4. The number of nitrogens with one attached hydrogen (secondary N) is 2. The molecule has 2 aliphatic carbocycles. The summed E-state index contributed by atoms with van der Waals surface area (Å²) in [5.41, 5.74) is 5.98. The molecule has 5 saturated heterocycles. The van der Waals surface area contributed by atoms with Crippen LogP contribution in [0.1, 0.15) is 127 Å². The summed E-state index contributed by atoms with van der Waals surface area (Å²) in [5.74, 6) is 0.894. The van der Waals surface area contributed by atoms with Crippen LogP contribution >= 0.6 is 0 Å². The van der Waals surface area contributed by atoms with E-state index in [1.54, 1.807) is 6.20 Å². The van der Waals surface area contributed by atoms with E-state index in [-0.39, 0.29) is 59.4 Å². The summed E-state index contributed by atoms with van der Waals surface area (Å²) in [4.78, 5) is 93.1. The van der Waals surface area contributed by atoms with Gasteiger partial charge in [0.05, 0.1) is 34.8 Å². The van der Waals surface area contributed by atoms with Gasteiger partial charge in [-0.05, 0) is 133 Å². The van der Waals surface area contributed by atoms with Gasteiger partial charge in [-0.25, -0.2) is 15.0 Å². The van der Waals surface area contributed by atoms with Crippen molar-refractivity contribution in [3.8, 4) is 11.3 Å². The third-order valence-corrected chi connectivity index (χ3v) is 17.4. The average molecular weight is 950 g/mol. The van der Waals surface area contributed by atoms with Crippen molar-refractivity contribution in [3.63, 3.8) is 0 Å².